The summed E-state index contributed by atoms with van der Waals surface area (Å²) < 4.78 is 0. The highest BCUT2D eigenvalue weighted by atomic mass is 32.1. The van der Waals surface area contributed by atoms with Gasteiger partial charge in [-0.2, -0.15) is 11.3 Å². The predicted octanol–water partition coefficient (Wildman–Crippen LogP) is 2.47. The van der Waals surface area contributed by atoms with Crippen molar-refractivity contribution >= 4 is 11.3 Å². The van der Waals surface area contributed by atoms with Gasteiger partial charge >= 0.3 is 0 Å². The highest BCUT2D eigenvalue weighted by Gasteiger charge is 2.12. The molecule has 0 saturated heterocycles. The Bertz CT molecular complexity index is 267. The first-order valence-electron chi connectivity index (χ1n) is 5.98. The van der Waals surface area contributed by atoms with E-state index in [-0.39, 0.29) is 0 Å². The number of hydrogen-bond acceptors (Lipinski definition) is 3. The second-order valence-electron chi connectivity index (χ2n) is 4.95. The molecule has 1 atom stereocenters. The molecular formula is C13H24N2S. The Morgan fingerprint density at radius 1 is 1.38 bits per heavy atom. The van der Waals surface area contributed by atoms with Crippen LogP contribution >= 0.6 is 11.3 Å². The van der Waals surface area contributed by atoms with Crippen LogP contribution in [-0.4, -0.2) is 38.1 Å². The van der Waals surface area contributed by atoms with Crippen LogP contribution in [0.1, 0.15) is 19.4 Å². The standard InChI is InChI=1S/C13H24N2S/c1-11(2)13(9-15(3)4)14-7-5-12-6-8-16-10-12/h6,8,10-11,13-14H,5,7,9H2,1-4H3. The third-order valence-corrected chi connectivity index (χ3v) is 3.50. The number of thiophene rings is 1. The Kier molecular flexibility index (Phi) is 6.03. The summed E-state index contributed by atoms with van der Waals surface area (Å²) in [5.41, 5.74) is 1.45. The Balaban J connectivity index is 2.27. The summed E-state index contributed by atoms with van der Waals surface area (Å²) in [6, 6.07) is 2.80. The average molecular weight is 240 g/mol. The molecule has 0 aromatic carbocycles. The van der Waals surface area contributed by atoms with Gasteiger partial charge in [0.05, 0.1) is 0 Å². The number of nitrogens with one attached hydrogen (secondary N) is 1. The zero-order valence-corrected chi connectivity index (χ0v) is 11.7. The molecule has 0 radical (unpaired) electrons. The van der Waals surface area contributed by atoms with E-state index in [1.807, 2.05) is 0 Å². The second-order valence-corrected chi connectivity index (χ2v) is 5.73. The molecule has 1 N–H and O–H groups in total. The zero-order chi connectivity index (χ0) is 12.0. The first kappa shape index (κ1) is 13.7. The van der Waals surface area contributed by atoms with E-state index in [0.717, 1.165) is 19.5 Å². The number of likely N-dealkylation sites (N-methyl/N-ethyl adjacent to an activating group) is 1. The van der Waals surface area contributed by atoms with Crippen LogP contribution in [-0.2, 0) is 6.42 Å². The van der Waals surface area contributed by atoms with Gasteiger partial charge < -0.3 is 10.2 Å². The molecule has 1 unspecified atom stereocenters. The molecule has 92 valence electrons. The minimum absolute atomic E-state index is 0.591. The van der Waals surface area contributed by atoms with Crippen LogP contribution in [0.15, 0.2) is 16.8 Å². The van der Waals surface area contributed by atoms with Crippen molar-refractivity contribution in [3.05, 3.63) is 22.4 Å². The van der Waals surface area contributed by atoms with Crippen LogP contribution in [0, 0.1) is 5.92 Å². The summed E-state index contributed by atoms with van der Waals surface area (Å²) in [6.07, 6.45) is 1.14. The smallest absolute Gasteiger partial charge is 0.0217 e. The van der Waals surface area contributed by atoms with E-state index in [0.29, 0.717) is 12.0 Å². The molecule has 0 aliphatic rings. The molecular weight excluding hydrogens is 216 g/mol. The van der Waals surface area contributed by atoms with Crippen LogP contribution in [0.4, 0.5) is 0 Å². The highest BCUT2D eigenvalue weighted by Crippen LogP contribution is 2.07. The van der Waals surface area contributed by atoms with Gasteiger partial charge in [-0.25, -0.2) is 0 Å². The SMILES string of the molecule is CC(C)C(CN(C)C)NCCc1ccsc1. The van der Waals surface area contributed by atoms with Crippen molar-refractivity contribution in [2.75, 3.05) is 27.2 Å². The van der Waals surface area contributed by atoms with Gasteiger partial charge in [0, 0.05) is 12.6 Å². The fourth-order valence-corrected chi connectivity index (χ4v) is 2.44. The molecule has 0 aliphatic heterocycles. The normalized spacial score (nSPS) is 13.6. The van der Waals surface area contributed by atoms with Gasteiger partial charge in [0.25, 0.3) is 0 Å². The molecule has 1 aromatic heterocycles. The maximum absolute atomic E-state index is 3.65. The Morgan fingerprint density at radius 3 is 2.62 bits per heavy atom. The van der Waals surface area contributed by atoms with E-state index in [4.69, 9.17) is 0 Å². The largest absolute Gasteiger partial charge is 0.312 e. The fourth-order valence-electron chi connectivity index (χ4n) is 1.74. The first-order valence-corrected chi connectivity index (χ1v) is 6.93. The Labute approximate surface area is 104 Å². The second kappa shape index (κ2) is 7.05. The molecule has 16 heavy (non-hydrogen) atoms. The van der Waals surface area contributed by atoms with Crippen LogP contribution in [0.25, 0.3) is 0 Å². The lowest BCUT2D eigenvalue weighted by atomic mass is 10.0. The van der Waals surface area contributed by atoms with Crippen LogP contribution < -0.4 is 5.32 Å². The van der Waals surface area contributed by atoms with E-state index in [1.54, 1.807) is 11.3 Å². The van der Waals surface area contributed by atoms with Gasteiger partial charge in [-0.15, -0.1) is 0 Å². The zero-order valence-electron chi connectivity index (χ0n) is 10.9. The van der Waals surface area contributed by atoms with Crippen molar-refractivity contribution in [2.45, 2.75) is 26.3 Å². The summed E-state index contributed by atoms with van der Waals surface area (Å²) in [5.74, 6) is 0.685. The number of nitrogens with zero attached hydrogens (tertiary/aromatic N) is 1. The van der Waals surface area contributed by atoms with Crippen molar-refractivity contribution in [3.63, 3.8) is 0 Å². The lowest BCUT2D eigenvalue weighted by Gasteiger charge is -2.25. The molecule has 0 saturated carbocycles. The maximum atomic E-state index is 3.65. The predicted molar refractivity (Wildman–Crippen MR) is 73.2 cm³/mol. The molecule has 1 rings (SSSR count). The van der Waals surface area contributed by atoms with Crippen molar-refractivity contribution in [1.29, 1.82) is 0 Å². The van der Waals surface area contributed by atoms with E-state index >= 15 is 0 Å². The third kappa shape index (κ3) is 5.10. The molecule has 0 fully saturated rings. The monoisotopic (exact) mass is 240 g/mol. The number of hydrogen-bond donors (Lipinski definition) is 1. The fraction of sp³-hybridized carbons (Fsp3) is 0.692. The first-order chi connectivity index (χ1) is 7.59. The molecule has 2 nitrogen and oxygen atoms in total. The van der Waals surface area contributed by atoms with Crippen LogP contribution in [0.5, 0.6) is 0 Å². The molecule has 3 heteroatoms. The lowest BCUT2D eigenvalue weighted by molar-refractivity contribution is 0.290. The molecule has 1 aromatic rings. The maximum Gasteiger partial charge on any atom is 0.0217 e. The summed E-state index contributed by atoms with van der Waals surface area (Å²) in [4.78, 5) is 2.25. The Morgan fingerprint density at radius 2 is 2.12 bits per heavy atom. The molecule has 0 bridgehead atoms. The van der Waals surface area contributed by atoms with Crippen molar-refractivity contribution in [3.8, 4) is 0 Å². The molecule has 0 amide bonds. The van der Waals surface area contributed by atoms with Crippen LogP contribution in [0.2, 0.25) is 0 Å². The van der Waals surface area contributed by atoms with E-state index in [1.165, 1.54) is 5.56 Å². The topological polar surface area (TPSA) is 15.3 Å². The van der Waals surface area contributed by atoms with Gasteiger partial charge in [0.2, 0.25) is 0 Å². The summed E-state index contributed by atoms with van der Waals surface area (Å²) in [6.45, 7) is 6.76. The van der Waals surface area contributed by atoms with Crippen LogP contribution in [0.3, 0.4) is 0 Å². The van der Waals surface area contributed by atoms with Gasteiger partial charge in [-0.1, -0.05) is 13.8 Å². The van der Waals surface area contributed by atoms with Gasteiger partial charge in [0.1, 0.15) is 0 Å². The van der Waals surface area contributed by atoms with Crippen molar-refractivity contribution in [2.24, 2.45) is 5.92 Å². The van der Waals surface area contributed by atoms with Crippen molar-refractivity contribution in [1.82, 2.24) is 10.2 Å². The third-order valence-electron chi connectivity index (χ3n) is 2.77. The van der Waals surface area contributed by atoms with E-state index in [9.17, 15) is 0 Å². The van der Waals surface area contributed by atoms with Gasteiger partial charge in [0.15, 0.2) is 0 Å². The van der Waals surface area contributed by atoms with Crippen molar-refractivity contribution < 1.29 is 0 Å². The lowest BCUT2D eigenvalue weighted by Crippen LogP contribution is -2.42. The Hall–Kier alpha value is -0.380. The molecule has 0 spiro atoms. The molecule has 0 aliphatic carbocycles. The minimum atomic E-state index is 0.591. The summed E-state index contributed by atoms with van der Waals surface area (Å²) >= 11 is 1.78. The average Bonchev–Trinajstić information content (AvgIpc) is 2.68. The quantitative estimate of drug-likeness (QED) is 0.787. The molecule has 1 heterocycles. The van der Waals surface area contributed by atoms with Gasteiger partial charge in [-0.05, 0) is 55.4 Å². The van der Waals surface area contributed by atoms with E-state index < -0.39 is 0 Å². The number of rotatable bonds is 7. The van der Waals surface area contributed by atoms with E-state index in [2.05, 4.69) is 55.0 Å². The minimum Gasteiger partial charge on any atom is -0.312 e. The summed E-state index contributed by atoms with van der Waals surface area (Å²) in [5, 5.41) is 8.03. The summed E-state index contributed by atoms with van der Waals surface area (Å²) in [7, 11) is 4.27. The van der Waals surface area contributed by atoms with Gasteiger partial charge in [-0.3, -0.25) is 0 Å². The highest BCUT2D eigenvalue weighted by molar-refractivity contribution is 7.07.